The summed E-state index contributed by atoms with van der Waals surface area (Å²) in [7, 11) is 0. The van der Waals surface area contributed by atoms with Crippen molar-refractivity contribution in [3.63, 3.8) is 0 Å². The van der Waals surface area contributed by atoms with Crippen molar-refractivity contribution < 1.29 is 14.9 Å². The quantitative estimate of drug-likeness (QED) is 0.601. The summed E-state index contributed by atoms with van der Waals surface area (Å²) >= 11 is 0. The van der Waals surface area contributed by atoms with Crippen LogP contribution in [0, 0.1) is 0 Å². The Balaban J connectivity index is 1.91. The molecule has 3 heteroatoms. The predicted octanol–water partition coefficient (Wildman–Crippen LogP) is 4.92. The molecule has 1 fully saturated rings. The lowest BCUT2D eigenvalue weighted by Crippen LogP contribution is -2.30. The number of aromatic hydroxyl groups is 1. The lowest BCUT2D eigenvalue weighted by Gasteiger charge is -2.38. The number of phenolic OH excluding ortho intramolecular Hbond substituents is 1. The molecule has 3 nitrogen and oxygen atoms in total. The van der Waals surface area contributed by atoms with E-state index in [0.717, 1.165) is 12.8 Å². The van der Waals surface area contributed by atoms with Gasteiger partial charge in [0.05, 0.1) is 0 Å². The summed E-state index contributed by atoms with van der Waals surface area (Å²) in [5.41, 5.74) is 3.07. The molecule has 0 spiro atoms. The Morgan fingerprint density at radius 2 is 1.48 bits per heavy atom. The van der Waals surface area contributed by atoms with Gasteiger partial charge in [-0.1, -0.05) is 50.1 Å². The van der Waals surface area contributed by atoms with Gasteiger partial charge in [0, 0.05) is 5.41 Å². The molecule has 1 saturated carbocycles. The maximum absolute atomic E-state index is 9.81. The Morgan fingerprint density at radius 1 is 0.960 bits per heavy atom. The fourth-order valence-corrected chi connectivity index (χ4v) is 3.76. The van der Waals surface area contributed by atoms with Crippen LogP contribution in [0.4, 0.5) is 0 Å². The van der Waals surface area contributed by atoms with Crippen LogP contribution in [0.25, 0.3) is 0 Å². The minimum Gasteiger partial charge on any atom is -0.508 e. The van der Waals surface area contributed by atoms with E-state index in [1.807, 2.05) is 24.3 Å². The number of aliphatic hydroxyl groups is 1. The summed E-state index contributed by atoms with van der Waals surface area (Å²) in [4.78, 5) is 0. The predicted molar refractivity (Wildman–Crippen MR) is 99.9 cm³/mol. The largest absolute Gasteiger partial charge is 0.508 e. The summed E-state index contributed by atoms with van der Waals surface area (Å²) in [6.45, 7) is 5.44. The zero-order valence-corrected chi connectivity index (χ0v) is 14.7. The zero-order valence-electron chi connectivity index (χ0n) is 14.7. The molecule has 25 heavy (non-hydrogen) atoms. The second-order valence-corrected chi connectivity index (χ2v) is 7.03. The third-order valence-corrected chi connectivity index (χ3v) is 5.20. The molecule has 0 aliphatic heterocycles. The van der Waals surface area contributed by atoms with Gasteiger partial charge in [-0.2, -0.15) is 0 Å². The number of phenols is 1. The van der Waals surface area contributed by atoms with Crippen LogP contribution in [0.15, 0.2) is 60.7 Å². The Kier molecular flexibility index (Phi) is 5.14. The lowest BCUT2D eigenvalue weighted by molar-refractivity contribution is 0.0151. The molecule has 3 rings (SSSR count). The summed E-state index contributed by atoms with van der Waals surface area (Å²) in [6, 6.07) is 15.6. The van der Waals surface area contributed by atoms with Crippen molar-refractivity contribution in [3.8, 4) is 11.5 Å². The second kappa shape index (κ2) is 7.32. The molecule has 1 aliphatic carbocycles. The highest BCUT2D eigenvalue weighted by Gasteiger charge is 2.35. The van der Waals surface area contributed by atoms with Gasteiger partial charge in [0.2, 0.25) is 6.29 Å². The van der Waals surface area contributed by atoms with E-state index < -0.39 is 6.29 Å². The average Bonchev–Trinajstić information content (AvgIpc) is 2.63. The molecular weight excluding hydrogens is 312 g/mol. The van der Waals surface area contributed by atoms with E-state index in [9.17, 15) is 10.2 Å². The van der Waals surface area contributed by atoms with Crippen LogP contribution >= 0.6 is 0 Å². The molecular formula is C22H26O3. The highest BCUT2D eigenvalue weighted by molar-refractivity contribution is 5.43. The van der Waals surface area contributed by atoms with Crippen molar-refractivity contribution in [2.75, 3.05) is 0 Å². The van der Waals surface area contributed by atoms with Crippen LogP contribution < -0.4 is 4.74 Å². The molecule has 1 atom stereocenters. The van der Waals surface area contributed by atoms with Gasteiger partial charge < -0.3 is 14.9 Å². The summed E-state index contributed by atoms with van der Waals surface area (Å²) in [6.07, 6.45) is 4.90. The van der Waals surface area contributed by atoms with E-state index in [2.05, 4.69) is 18.7 Å². The minimum atomic E-state index is -0.980. The van der Waals surface area contributed by atoms with Gasteiger partial charge in [-0.15, -0.1) is 0 Å². The molecule has 1 aliphatic rings. The van der Waals surface area contributed by atoms with Gasteiger partial charge >= 0.3 is 0 Å². The highest BCUT2D eigenvalue weighted by atomic mass is 16.6. The molecule has 1 unspecified atom stereocenters. The third-order valence-electron chi connectivity index (χ3n) is 5.20. The Labute approximate surface area is 149 Å². The fourth-order valence-electron chi connectivity index (χ4n) is 3.76. The van der Waals surface area contributed by atoms with Crippen molar-refractivity contribution in [2.24, 2.45) is 0 Å². The Bertz CT molecular complexity index is 710. The average molecular weight is 338 g/mol. The monoisotopic (exact) mass is 338 g/mol. The van der Waals surface area contributed by atoms with Crippen LogP contribution in [0.5, 0.6) is 11.5 Å². The van der Waals surface area contributed by atoms with Crippen molar-refractivity contribution in [1.82, 2.24) is 0 Å². The maximum atomic E-state index is 9.81. The highest BCUT2D eigenvalue weighted by Crippen LogP contribution is 2.45. The van der Waals surface area contributed by atoms with Crippen LogP contribution in [-0.4, -0.2) is 16.5 Å². The Morgan fingerprint density at radius 3 is 2.00 bits per heavy atom. The van der Waals surface area contributed by atoms with Crippen molar-refractivity contribution in [1.29, 1.82) is 0 Å². The summed E-state index contributed by atoms with van der Waals surface area (Å²) < 4.78 is 5.50. The van der Waals surface area contributed by atoms with Crippen LogP contribution in [-0.2, 0) is 5.41 Å². The molecule has 2 N–H and O–H groups in total. The SMILES string of the molecule is C=C(C)C(O)Oc1ccc(C2(c3ccc(O)cc3)CCCCC2)cc1. The first-order valence-corrected chi connectivity index (χ1v) is 8.91. The second-order valence-electron chi connectivity index (χ2n) is 7.03. The number of rotatable bonds is 5. The van der Waals surface area contributed by atoms with Crippen LogP contribution in [0.2, 0.25) is 0 Å². The first kappa shape index (κ1) is 17.6. The number of hydrogen-bond donors (Lipinski definition) is 2. The van der Waals surface area contributed by atoms with Gasteiger partial charge in [-0.3, -0.25) is 0 Å². The number of hydrogen-bond acceptors (Lipinski definition) is 3. The fraction of sp³-hybridized carbons (Fsp3) is 0.364. The number of benzene rings is 2. The first-order valence-electron chi connectivity index (χ1n) is 8.91. The standard InChI is InChI=1S/C22H26O3/c1-16(2)21(24)25-20-12-8-18(9-13-20)22(14-4-3-5-15-22)17-6-10-19(23)11-7-17/h6-13,21,23-24H,1,3-5,14-15H2,2H3. The van der Waals surface area contributed by atoms with Crippen molar-refractivity contribution in [2.45, 2.75) is 50.7 Å². The van der Waals surface area contributed by atoms with E-state index in [-0.39, 0.29) is 5.41 Å². The third kappa shape index (κ3) is 3.72. The molecule has 2 aromatic rings. The Hall–Kier alpha value is -2.26. The van der Waals surface area contributed by atoms with Gasteiger partial charge in [0.15, 0.2) is 0 Å². The van der Waals surface area contributed by atoms with E-state index >= 15 is 0 Å². The normalized spacial score (nSPS) is 17.7. The van der Waals surface area contributed by atoms with Gasteiger partial charge in [-0.25, -0.2) is 0 Å². The van der Waals surface area contributed by atoms with E-state index in [4.69, 9.17) is 4.74 Å². The van der Waals surface area contributed by atoms with Gasteiger partial charge in [0.1, 0.15) is 11.5 Å². The molecule has 132 valence electrons. The molecule has 2 aromatic carbocycles. The van der Waals surface area contributed by atoms with Crippen LogP contribution in [0.1, 0.15) is 50.2 Å². The zero-order chi connectivity index (χ0) is 17.9. The van der Waals surface area contributed by atoms with Crippen molar-refractivity contribution >= 4 is 0 Å². The molecule has 0 radical (unpaired) electrons. The van der Waals surface area contributed by atoms with Crippen molar-refractivity contribution in [3.05, 3.63) is 71.8 Å². The lowest BCUT2D eigenvalue weighted by atomic mass is 9.65. The van der Waals surface area contributed by atoms with E-state index in [1.165, 1.54) is 30.4 Å². The van der Waals surface area contributed by atoms with Gasteiger partial charge in [0.25, 0.3) is 0 Å². The molecule has 0 amide bonds. The van der Waals surface area contributed by atoms with Gasteiger partial charge in [-0.05, 0) is 60.7 Å². The smallest absolute Gasteiger partial charge is 0.219 e. The minimum absolute atomic E-state index is 0.0164. The number of ether oxygens (including phenoxy) is 1. The molecule has 0 saturated heterocycles. The molecule has 0 bridgehead atoms. The van der Waals surface area contributed by atoms with E-state index in [0.29, 0.717) is 17.1 Å². The van der Waals surface area contributed by atoms with Crippen LogP contribution in [0.3, 0.4) is 0 Å². The van der Waals surface area contributed by atoms with E-state index in [1.54, 1.807) is 19.1 Å². The first-order chi connectivity index (χ1) is 12.0. The number of aliphatic hydroxyl groups excluding tert-OH is 1. The molecule has 0 heterocycles. The topological polar surface area (TPSA) is 49.7 Å². The maximum Gasteiger partial charge on any atom is 0.219 e. The molecule has 0 aromatic heterocycles. The summed E-state index contributed by atoms with van der Waals surface area (Å²) in [5.74, 6) is 0.933. The summed E-state index contributed by atoms with van der Waals surface area (Å²) in [5, 5.41) is 19.4.